The van der Waals surface area contributed by atoms with Crippen molar-refractivity contribution in [2.24, 2.45) is 0 Å². The molecule has 72 valence electrons. The summed E-state index contributed by atoms with van der Waals surface area (Å²) in [6.45, 7) is 2.06. The van der Waals surface area contributed by atoms with Gasteiger partial charge in [-0.25, -0.2) is 0 Å². The van der Waals surface area contributed by atoms with E-state index in [-0.39, 0.29) is 0 Å². The molecule has 2 aromatic rings. The Kier molecular flexibility index (Phi) is 2.87. The highest BCUT2D eigenvalue weighted by Crippen LogP contribution is 2.16. The molecule has 0 N–H and O–H groups in total. The molecular formula is C12H7NS2. The third kappa shape index (κ3) is 2.47. The lowest BCUT2D eigenvalue weighted by molar-refractivity contribution is 1.52. The van der Waals surface area contributed by atoms with Gasteiger partial charge < -0.3 is 0 Å². The van der Waals surface area contributed by atoms with E-state index in [1.165, 1.54) is 16.2 Å². The highest BCUT2D eigenvalue weighted by atomic mass is 32.1. The molecule has 2 aromatic heterocycles. The number of aryl methyl sites for hydroxylation is 1. The van der Waals surface area contributed by atoms with Crippen LogP contribution in [0.4, 0.5) is 0 Å². The van der Waals surface area contributed by atoms with E-state index in [4.69, 9.17) is 5.26 Å². The molecule has 3 heteroatoms. The van der Waals surface area contributed by atoms with E-state index < -0.39 is 0 Å². The van der Waals surface area contributed by atoms with Crippen LogP contribution in [0.15, 0.2) is 24.3 Å². The second kappa shape index (κ2) is 4.31. The minimum Gasteiger partial charge on any atom is -0.192 e. The van der Waals surface area contributed by atoms with Gasteiger partial charge in [-0.2, -0.15) is 5.26 Å². The van der Waals surface area contributed by atoms with Crippen LogP contribution in [0, 0.1) is 30.1 Å². The van der Waals surface area contributed by atoms with Gasteiger partial charge in [-0.05, 0) is 43.0 Å². The van der Waals surface area contributed by atoms with Crippen LogP contribution in [0.25, 0.3) is 0 Å². The molecular weight excluding hydrogens is 222 g/mol. The zero-order valence-corrected chi connectivity index (χ0v) is 9.71. The maximum atomic E-state index is 8.65. The summed E-state index contributed by atoms with van der Waals surface area (Å²) < 4.78 is 0. The van der Waals surface area contributed by atoms with Crippen LogP contribution in [0.3, 0.4) is 0 Å². The lowest BCUT2D eigenvalue weighted by atomic mass is 10.4. The van der Waals surface area contributed by atoms with E-state index in [2.05, 4.69) is 30.9 Å². The Labute approximate surface area is 96.6 Å². The summed E-state index contributed by atoms with van der Waals surface area (Å²) in [6, 6.07) is 9.87. The van der Waals surface area contributed by atoms with Crippen molar-refractivity contribution in [2.75, 3.05) is 0 Å². The van der Waals surface area contributed by atoms with Gasteiger partial charge in [0, 0.05) is 4.88 Å². The van der Waals surface area contributed by atoms with Gasteiger partial charge in [0.1, 0.15) is 10.9 Å². The molecule has 0 aliphatic rings. The normalized spacial score (nSPS) is 9.07. The van der Waals surface area contributed by atoms with Crippen LogP contribution in [0.1, 0.15) is 19.5 Å². The molecule has 0 radical (unpaired) electrons. The van der Waals surface area contributed by atoms with Crippen LogP contribution in [0.2, 0.25) is 0 Å². The molecule has 15 heavy (non-hydrogen) atoms. The van der Waals surface area contributed by atoms with Gasteiger partial charge in [0.25, 0.3) is 0 Å². The average molecular weight is 229 g/mol. The zero-order valence-electron chi connectivity index (χ0n) is 8.07. The fourth-order valence-corrected chi connectivity index (χ4v) is 2.47. The van der Waals surface area contributed by atoms with Crippen molar-refractivity contribution in [1.29, 1.82) is 5.26 Å². The molecule has 2 heterocycles. The van der Waals surface area contributed by atoms with Crippen LogP contribution in [-0.2, 0) is 0 Å². The molecule has 0 saturated heterocycles. The van der Waals surface area contributed by atoms with E-state index in [0.29, 0.717) is 4.88 Å². The molecule has 2 rings (SSSR count). The lowest BCUT2D eigenvalue weighted by Gasteiger charge is -1.77. The predicted octanol–water partition coefficient (Wildman–Crippen LogP) is 3.39. The largest absolute Gasteiger partial charge is 0.192 e. The maximum absolute atomic E-state index is 8.65. The van der Waals surface area contributed by atoms with E-state index in [0.717, 1.165) is 9.75 Å². The molecule has 0 spiro atoms. The second-order valence-corrected chi connectivity index (χ2v) is 5.31. The van der Waals surface area contributed by atoms with Gasteiger partial charge in [-0.1, -0.05) is 0 Å². The quantitative estimate of drug-likeness (QED) is 0.635. The van der Waals surface area contributed by atoms with Crippen molar-refractivity contribution in [3.05, 3.63) is 43.8 Å². The number of hydrogen-bond donors (Lipinski definition) is 0. The molecule has 0 saturated carbocycles. The van der Waals surface area contributed by atoms with Crippen molar-refractivity contribution >= 4 is 22.7 Å². The standard InChI is InChI=1S/C12H7NS2/c1-9-2-3-10(14-9)4-5-11-6-7-12(8-13)15-11/h2-3,6-7H,1H3. The highest BCUT2D eigenvalue weighted by Gasteiger charge is 1.95. The smallest absolute Gasteiger partial charge is 0.110 e. The zero-order chi connectivity index (χ0) is 10.7. The third-order valence-electron chi connectivity index (χ3n) is 1.77. The molecule has 1 nitrogen and oxygen atoms in total. The topological polar surface area (TPSA) is 23.8 Å². The average Bonchev–Trinajstić information content (AvgIpc) is 2.83. The summed E-state index contributed by atoms with van der Waals surface area (Å²) in [4.78, 5) is 3.99. The Morgan fingerprint density at radius 3 is 2.07 bits per heavy atom. The van der Waals surface area contributed by atoms with Gasteiger partial charge in [0.15, 0.2) is 0 Å². The van der Waals surface area contributed by atoms with Crippen molar-refractivity contribution < 1.29 is 0 Å². The minimum atomic E-state index is 0.710. The minimum absolute atomic E-state index is 0.710. The van der Waals surface area contributed by atoms with Crippen LogP contribution < -0.4 is 0 Å². The summed E-state index contributed by atoms with van der Waals surface area (Å²) in [5.41, 5.74) is 0. The molecule has 0 atom stereocenters. The predicted molar refractivity (Wildman–Crippen MR) is 64.1 cm³/mol. The Morgan fingerprint density at radius 1 is 0.933 bits per heavy atom. The Balaban J connectivity index is 2.22. The van der Waals surface area contributed by atoms with Gasteiger partial charge in [-0.3, -0.25) is 0 Å². The van der Waals surface area contributed by atoms with Gasteiger partial charge >= 0.3 is 0 Å². The molecule has 0 aliphatic carbocycles. The number of nitrogens with zero attached hydrogens (tertiary/aromatic N) is 1. The molecule has 0 amide bonds. The van der Waals surface area contributed by atoms with E-state index in [9.17, 15) is 0 Å². The van der Waals surface area contributed by atoms with Gasteiger partial charge in [0.2, 0.25) is 0 Å². The first kappa shape index (κ1) is 9.98. The summed E-state index contributed by atoms with van der Waals surface area (Å²) in [7, 11) is 0. The van der Waals surface area contributed by atoms with E-state index >= 15 is 0 Å². The first-order valence-electron chi connectivity index (χ1n) is 4.36. The van der Waals surface area contributed by atoms with Crippen molar-refractivity contribution in [3.63, 3.8) is 0 Å². The number of hydrogen-bond acceptors (Lipinski definition) is 3. The lowest BCUT2D eigenvalue weighted by Crippen LogP contribution is -1.62. The summed E-state index contributed by atoms with van der Waals surface area (Å²) in [5.74, 6) is 6.15. The monoisotopic (exact) mass is 229 g/mol. The van der Waals surface area contributed by atoms with Gasteiger partial charge in [0.05, 0.1) is 9.75 Å². The fourth-order valence-electron chi connectivity index (χ4n) is 1.09. The van der Waals surface area contributed by atoms with Crippen molar-refractivity contribution in [2.45, 2.75) is 6.92 Å². The van der Waals surface area contributed by atoms with Crippen molar-refractivity contribution in [3.8, 4) is 17.9 Å². The molecule has 0 fully saturated rings. The number of nitriles is 1. The second-order valence-electron chi connectivity index (χ2n) is 2.94. The van der Waals surface area contributed by atoms with Crippen LogP contribution in [0.5, 0.6) is 0 Å². The fraction of sp³-hybridized carbons (Fsp3) is 0.0833. The van der Waals surface area contributed by atoms with E-state index in [1.807, 2.05) is 12.1 Å². The van der Waals surface area contributed by atoms with Crippen LogP contribution >= 0.6 is 22.7 Å². The first-order valence-corrected chi connectivity index (χ1v) is 5.99. The van der Waals surface area contributed by atoms with Gasteiger partial charge in [-0.15, -0.1) is 22.7 Å². The van der Waals surface area contributed by atoms with E-state index in [1.54, 1.807) is 17.4 Å². The summed E-state index contributed by atoms with van der Waals surface area (Å²) in [6.07, 6.45) is 0. The van der Waals surface area contributed by atoms with Crippen molar-refractivity contribution in [1.82, 2.24) is 0 Å². The SMILES string of the molecule is Cc1ccc(C#Cc2ccc(C#N)s2)s1. The first-order chi connectivity index (χ1) is 7.28. The Bertz CT molecular complexity index is 573. The molecule has 0 bridgehead atoms. The highest BCUT2D eigenvalue weighted by molar-refractivity contribution is 7.13. The van der Waals surface area contributed by atoms with Crippen LogP contribution in [-0.4, -0.2) is 0 Å². The molecule has 0 aromatic carbocycles. The number of thiophene rings is 2. The third-order valence-corrected chi connectivity index (χ3v) is 3.59. The maximum Gasteiger partial charge on any atom is 0.110 e. The summed E-state index contributed by atoms with van der Waals surface area (Å²) >= 11 is 3.11. The summed E-state index contributed by atoms with van der Waals surface area (Å²) in [5, 5.41) is 8.65. The Hall–Kier alpha value is -1.55. The Morgan fingerprint density at radius 2 is 1.53 bits per heavy atom. The molecule has 0 unspecified atom stereocenters. The number of rotatable bonds is 0. The molecule has 0 aliphatic heterocycles.